The molecule has 0 heterocycles. The van der Waals surface area contributed by atoms with Crippen molar-refractivity contribution in [3.8, 4) is 0 Å². The Labute approximate surface area is 96.5 Å². The number of anilines is 1. The molecule has 96 valence electrons. The molecule has 0 amide bonds. The van der Waals surface area contributed by atoms with E-state index >= 15 is 0 Å². The highest BCUT2D eigenvalue weighted by Gasteiger charge is 2.38. The maximum Gasteiger partial charge on any atom is 0.414 e. The van der Waals surface area contributed by atoms with E-state index in [4.69, 9.17) is 5.11 Å². The monoisotopic (exact) mass is 251 g/mol. The van der Waals surface area contributed by atoms with Gasteiger partial charge in [0.05, 0.1) is 0 Å². The van der Waals surface area contributed by atoms with Gasteiger partial charge in [0.25, 0.3) is 0 Å². The molecule has 1 aromatic rings. The fraction of sp³-hybridized carbons (Fsp3) is 0.455. The Hall–Kier alpha value is -1.30. The van der Waals surface area contributed by atoms with Crippen molar-refractivity contribution in [1.29, 1.82) is 0 Å². The van der Waals surface area contributed by atoms with E-state index in [1.54, 1.807) is 19.0 Å². The number of nitrogens with zero attached hydrogens (tertiary/aromatic N) is 1. The van der Waals surface area contributed by atoms with Gasteiger partial charge in [-0.25, -0.2) is 4.39 Å². The molecular weight excluding hydrogens is 238 g/mol. The van der Waals surface area contributed by atoms with Crippen molar-refractivity contribution < 1.29 is 22.7 Å². The second-order valence-electron chi connectivity index (χ2n) is 3.93. The third-order valence-corrected chi connectivity index (χ3v) is 2.31. The van der Waals surface area contributed by atoms with Crippen molar-refractivity contribution in [1.82, 2.24) is 0 Å². The molecule has 0 bridgehead atoms. The van der Waals surface area contributed by atoms with Gasteiger partial charge in [-0.1, -0.05) is 0 Å². The lowest BCUT2D eigenvalue weighted by atomic mass is 10.0. The Morgan fingerprint density at radius 2 is 1.88 bits per heavy atom. The van der Waals surface area contributed by atoms with E-state index in [0.717, 1.165) is 6.07 Å². The van der Waals surface area contributed by atoms with E-state index in [1.807, 2.05) is 0 Å². The number of alkyl halides is 3. The zero-order valence-corrected chi connectivity index (χ0v) is 9.42. The lowest BCUT2D eigenvalue weighted by Crippen LogP contribution is -2.31. The first-order valence-corrected chi connectivity index (χ1v) is 4.92. The first kappa shape index (κ1) is 13.8. The zero-order chi connectivity index (χ0) is 13.2. The zero-order valence-electron chi connectivity index (χ0n) is 9.42. The van der Waals surface area contributed by atoms with Crippen LogP contribution < -0.4 is 4.90 Å². The van der Waals surface area contributed by atoms with Crippen molar-refractivity contribution in [2.45, 2.75) is 18.7 Å². The van der Waals surface area contributed by atoms with Crippen LogP contribution in [0.1, 0.15) is 5.56 Å². The van der Waals surface area contributed by atoms with Crippen molar-refractivity contribution in [2.24, 2.45) is 0 Å². The summed E-state index contributed by atoms with van der Waals surface area (Å²) >= 11 is 0. The Balaban J connectivity index is 3.00. The average molecular weight is 251 g/mol. The van der Waals surface area contributed by atoms with E-state index in [1.165, 1.54) is 12.1 Å². The van der Waals surface area contributed by atoms with Gasteiger partial charge in [0.1, 0.15) is 5.82 Å². The van der Waals surface area contributed by atoms with Crippen LogP contribution in [0.2, 0.25) is 0 Å². The van der Waals surface area contributed by atoms with Crippen LogP contribution in [-0.4, -0.2) is 31.5 Å². The van der Waals surface area contributed by atoms with Crippen LogP contribution in [0, 0.1) is 5.82 Å². The second kappa shape index (κ2) is 4.91. The highest BCUT2D eigenvalue weighted by atomic mass is 19.4. The number of hydrogen-bond donors (Lipinski definition) is 1. The number of aliphatic hydroxyl groups excluding tert-OH is 1. The van der Waals surface area contributed by atoms with E-state index in [2.05, 4.69) is 0 Å². The molecule has 2 nitrogen and oxygen atoms in total. The van der Waals surface area contributed by atoms with Crippen LogP contribution in [0.4, 0.5) is 23.2 Å². The summed E-state index contributed by atoms with van der Waals surface area (Å²) < 4.78 is 49.6. The van der Waals surface area contributed by atoms with Crippen molar-refractivity contribution in [3.05, 3.63) is 29.6 Å². The van der Waals surface area contributed by atoms with Gasteiger partial charge in [-0.2, -0.15) is 13.2 Å². The van der Waals surface area contributed by atoms with Crippen LogP contribution >= 0.6 is 0 Å². The molecule has 0 fully saturated rings. The van der Waals surface area contributed by atoms with Crippen molar-refractivity contribution >= 4 is 5.69 Å². The molecule has 1 aromatic carbocycles. The highest BCUT2D eigenvalue weighted by Crippen LogP contribution is 2.27. The molecule has 0 spiro atoms. The highest BCUT2D eigenvalue weighted by molar-refractivity contribution is 5.53. The Bertz CT molecular complexity index is 390. The first-order valence-electron chi connectivity index (χ1n) is 4.92. The van der Waals surface area contributed by atoms with Gasteiger partial charge in [0.2, 0.25) is 0 Å². The van der Waals surface area contributed by atoms with Crippen LogP contribution in [0.5, 0.6) is 0 Å². The molecule has 1 rings (SSSR count). The third kappa shape index (κ3) is 3.59. The van der Waals surface area contributed by atoms with E-state index in [9.17, 15) is 17.6 Å². The van der Waals surface area contributed by atoms with Crippen molar-refractivity contribution in [3.63, 3.8) is 0 Å². The van der Waals surface area contributed by atoms with Crippen LogP contribution in [0.3, 0.4) is 0 Å². The number of hydrogen-bond acceptors (Lipinski definition) is 2. The molecular formula is C11H13F4NO. The van der Waals surface area contributed by atoms with Gasteiger partial charge in [-0.15, -0.1) is 0 Å². The molecule has 1 N–H and O–H groups in total. The minimum Gasteiger partial charge on any atom is -0.383 e. The van der Waals surface area contributed by atoms with E-state index < -0.39 is 24.5 Å². The standard InChI is InChI=1S/C11H13F4NO/c1-16(2)9-4-3-8(12)5-7(9)6-10(17)11(13,14)15/h3-5,10,17H,6H2,1-2H3. The summed E-state index contributed by atoms with van der Waals surface area (Å²) in [6, 6.07) is 3.55. The van der Waals surface area contributed by atoms with Crippen LogP contribution in [0.15, 0.2) is 18.2 Å². The fourth-order valence-electron chi connectivity index (χ4n) is 1.48. The maximum atomic E-state index is 13.0. The average Bonchev–Trinajstić information content (AvgIpc) is 2.15. The number of halogens is 4. The molecule has 0 aliphatic carbocycles. The van der Waals surface area contributed by atoms with Crippen LogP contribution in [-0.2, 0) is 6.42 Å². The summed E-state index contributed by atoms with van der Waals surface area (Å²) in [7, 11) is 3.27. The predicted molar refractivity (Wildman–Crippen MR) is 56.5 cm³/mol. The quantitative estimate of drug-likeness (QED) is 0.834. The molecule has 6 heteroatoms. The van der Waals surface area contributed by atoms with Gasteiger partial charge in [-0.3, -0.25) is 0 Å². The summed E-state index contributed by atoms with van der Waals surface area (Å²) in [5.74, 6) is -0.625. The fourth-order valence-corrected chi connectivity index (χ4v) is 1.48. The molecule has 0 radical (unpaired) electrons. The summed E-state index contributed by atoms with van der Waals surface area (Å²) in [5, 5.41) is 8.97. The van der Waals surface area contributed by atoms with Gasteiger partial charge in [0, 0.05) is 26.2 Å². The van der Waals surface area contributed by atoms with Gasteiger partial charge in [0.15, 0.2) is 6.10 Å². The maximum absolute atomic E-state index is 13.0. The minimum atomic E-state index is -4.70. The molecule has 0 aromatic heterocycles. The SMILES string of the molecule is CN(C)c1ccc(F)cc1CC(O)C(F)(F)F. The van der Waals surface area contributed by atoms with E-state index in [0.29, 0.717) is 5.69 Å². The Kier molecular flexibility index (Phi) is 3.98. The second-order valence-corrected chi connectivity index (χ2v) is 3.93. The van der Waals surface area contributed by atoms with E-state index in [-0.39, 0.29) is 5.56 Å². The lowest BCUT2D eigenvalue weighted by molar-refractivity contribution is -0.203. The number of aliphatic hydroxyl groups is 1. The summed E-state index contributed by atoms with van der Waals surface area (Å²) in [4.78, 5) is 1.57. The molecule has 0 aliphatic rings. The molecule has 1 unspecified atom stereocenters. The molecule has 0 saturated carbocycles. The molecule has 1 atom stereocenters. The van der Waals surface area contributed by atoms with Gasteiger partial charge >= 0.3 is 6.18 Å². The summed E-state index contributed by atoms with van der Waals surface area (Å²) in [5.41, 5.74) is 0.578. The Morgan fingerprint density at radius 1 is 1.29 bits per heavy atom. The van der Waals surface area contributed by atoms with Crippen molar-refractivity contribution in [2.75, 3.05) is 19.0 Å². The van der Waals surface area contributed by atoms with Gasteiger partial charge < -0.3 is 10.0 Å². The normalized spacial score (nSPS) is 13.6. The minimum absolute atomic E-state index is 0.125. The smallest absolute Gasteiger partial charge is 0.383 e. The van der Waals surface area contributed by atoms with Gasteiger partial charge in [-0.05, 0) is 23.8 Å². The Morgan fingerprint density at radius 3 is 2.35 bits per heavy atom. The summed E-state index contributed by atoms with van der Waals surface area (Å²) in [6.07, 6.45) is -7.84. The lowest BCUT2D eigenvalue weighted by Gasteiger charge is -2.20. The first-order chi connectivity index (χ1) is 7.71. The third-order valence-electron chi connectivity index (χ3n) is 2.31. The molecule has 0 aliphatic heterocycles. The summed E-state index contributed by atoms with van der Waals surface area (Å²) in [6.45, 7) is 0. The molecule has 0 saturated heterocycles. The number of benzene rings is 1. The molecule has 17 heavy (non-hydrogen) atoms. The number of rotatable bonds is 3. The van der Waals surface area contributed by atoms with Crippen LogP contribution in [0.25, 0.3) is 0 Å². The predicted octanol–water partition coefficient (Wildman–Crippen LogP) is 2.36. The largest absolute Gasteiger partial charge is 0.414 e. The topological polar surface area (TPSA) is 23.5 Å².